The van der Waals surface area contributed by atoms with E-state index in [1.165, 1.54) is 12.2 Å². The van der Waals surface area contributed by atoms with Crippen molar-refractivity contribution < 1.29 is 5.11 Å². The van der Waals surface area contributed by atoms with Crippen LogP contribution in [0.5, 0.6) is 0 Å². The molecule has 0 saturated heterocycles. The molecular formula is C12H15NO. The molecular weight excluding hydrogens is 174 g/mol. The van der Waals surface area contributed by atoms with Crippen LogP contribution < -0.4 is 5.73 Å². The third-order valence-electron chi connectivity index (χ3n) is 2.31. The van der Waals surface area contributed by atoms with Gasteiger partial charge in [-0.1, -0.05) is 55.6 Å². The molecule has 2 heteroatoms. The smallest absolute Gasteiger partial charge is 0.119 e. The van der Waals surface area contributed by atoms with Crippen molar-refractivity contribution in [2.75, 3.05) is 0 Å². The first-order valence-corrected chi connectivity index (χ1v) is 4.44. The first-order chi connectivity index (χ1) is 6.64. The maximum atomic E-state index is 9.99. The summed E-state index contributed by atoms with van der Waals surface area (Å²) in [7, 11) is 0. The molecule has 1 aromatic rings. The molecule has 1 atom stereocenters. The summed E-state index contributed by atoms with van der Waals surface area (Å²) < 4.78 is 0. The number of hydrogen-bond acceptors (Lipinski definition) is 2. The number of nitrogens with two attached hydrogens (primary N) is 1. The molecule has 0 aromatic heterocycles. The molecule has 0 bridgehead atoms. The lowest BCUT2D eigenvalue weighted by Gasteiger charge is -2.27. The molecule has 0 heterocycles. The van der Waals surface area contributed by atoms with E-state index < -0.39 is 11.6 Å². The van der Waals surface area contributed by atoms with E-state index in [4.69, 9.17) is 5.73 Å². The molecule has 2 nitrogen and oxygen atoms in total. The van der Waals surface area contributed by atoms with E-state index in [2.05, 4.69) is 13.2 Å². The lowest BCUT2D eigenvalue weighted by Crippen LogP contribution is -2.37. The topological polar surface area (TPSA) is 46.2 Å². The monoisotopic (exact) mass is 189 g/mol. The minimum absolute atomic E-state index is 0.529. The fraction of sp³-hybridized carbons (Fsp3) is 0.167. The van der Waals surface area contributed by atoms with Gasteiger partial charge in [0.25, 0.3) is 0 Å². The van der Waals surface area contributed by atoms with Crippen LogP contribution in [0, 0.1) is 0 Å². The molecule has 0 saturated carbocycles. The van der Waals surface area contributed by atoms with Crippen molar-refractivity contribution in [1.82, 2.24) is 0 Å². The van der Waals surface area contributed by atoms with Gasteiger partial charge in [-0.25, -0.2) is 0 Å². The van der Waals surface area contributed by atoms with Crippen LogP contribution in [0.25, 0.3) is 0 Å². The largest absolute Gasteiger partial charge is 0.380 e. The molecule has 1 unspecified atom stereocenters. The summed E-state index contributed by atoms with van der Waals surface area (Å²) in [4.78, 5) is 0. The normalized spacial score (nSPS) is 13.3. The third kappa shape index (κ3) is 1.92. The Kier molecular flexibility index (Phi) is 3.23. The van der Waals surface area contributed by atoms with Gasteiger partial charge in [-0.05, 0) is 5.56 Å². The molecule has 0 aliphatic heterocycles. The van der Waals surface area contributed by atoms with Crippen molar-refractivity contribution in [3.8, 4) is 0 Å². The molecule has 0 fully saturated rings. The molecule has 1 rings (SSSR count). The van der Waals surface area contributed by atoms with Crippen LogP contribution in [0.15, 0.2) is 55.6 Å². The molecule has 0 aliphatic carbocycles. The summed E-state index contributed by atoms with van der Waals surface area (Å²) in [5, 5.41) is 9.99. The fourth-order valence-corrected chi connectivity index (χ4v) is 1.26. The predicted molar refractivity (Wildman–Crippen MR) is 58.7 cm³/mol. The van der Waals surface area contributed by atoms with Gasteiger partial charge >= 0.3 is 0 Å². The molecule has 1 aromatic carbocycles. The van der Waals surface area contributed by atoms with E-state index in [0.717, 1.165) is 5.56 Å². The van der Waals surface area contributed by atoms with Gasteiger partial charge in [0.15, 0.2) is 0 Å². The van der Waals surface area contributed by atoms with Gasteiger partial charge in [-0.3, -0.25) is 0 Å². The summed E-state index contributed by atoms with van der Waals surface area (Å²) >= 11 is 0. The molecule has 0 aliphatic rings. The van der Waals surface area contributed by atoms with E-state index in [9.17, 15) is 5.11 Å². The Morgan fingerprint density at radius 1 is 1.21 bits per heavy atom. The van der Waals surface area contributed by atoms with Crippen LogP contribution in [-0.2, 0) is 0 Å². The minimum Gasteiger partial charge on any atom is -0.380 e. The molecule has 74 valence electrons. The Morgan fingerprint density at radius 3 is 2.14 bits per heavy atom. The molecule has 0 spiro atoms. The summed E-state index contributed by atoms with van der Waals surface area (Å²) in [6.45, 7) is 7.10. The molecule has 14 heavy (non-hydrogen) atoms. The zero-order valence-corrected chi connectivity index (χ0v) is 8.06. The van der Waals surface area contributed by atoms with Gasteiger partial charge in [-0.2, -0.15) is 0 Å². The second-order valence-corrected chi connectivity index (χ2v) is 3.18. The first kappa shape index (κ1) is 10.7. The molecule has 0 radical (unpaired) electrons. The van der Waals surface area contributed by atoms with E-state index in [1.54, 1.807) is 0 Å². The summed E-state index contributed by atoms with van der Waals surface area (Å²) in [5.41, 5.74) is 5.51. The van der Waals surface area contributed by atoms with Crippen molar-refractivity contribution in [3.05, 3.63) is 61.2 Å². The van der Waals surface area contributed by atoms with E-state index in [-0.39, 0.29) is 0 Å². The van der Waals surface area contributed by atoms with E-state index >= 15 is 0 Å². The lowest BCUT2D eigenvalue weighted by atomic mass is 9.89. The maximum absolute atomic E-state index is 9.99. The van der Waals surface area contributed by atoms with Crippen LogP contribution in [-0.4, -0.2) is 10.7 Å². The average molecular weight is 189 g/mol. The second kappa shape index (κ2) is 4.22. The summed E-state index contributed by atoms with van der Waals surface area (Å²) in [5.74, 6) is 0. The number of rotatable bonds is 4. The van der Waals surface area contributed by atoms with Gasteiger partial charge in [0.2, 0.25) is 0 Å². The zero-order chi connectivity index (χ0) is 10.6. The third-order valence-corrected chi connectivity index (χ3v) is 2.31. The van der Waals surface area contributed by atoms with Crippen molar-refractivity contribution in [2.24, 2.45) is 5.73 Å². The van der Waals surface area contributed by atoms with Crippen LogP contribution in [0.2, 0.25) is 0 Å². The minimum atomic E-state index is -1.25. The Bertz CT molecular complexity index is 310. The highest BCUT2D eigenvalue weighted by molar-refractivity contribution is 5.27. The van der Waals surface area contributed by atoms with Gasteiger partial charge in [0.05, 0.1) is 6.04 Å². The summed E-state index contributed by atoms with van der Waals surface area (Å²) in [6.07, 6.45) is 2.80. The van der Waals surface area contributed by atoms with E-state index in [0.29, 0.717) is 0 Å². The van der Waals surface area contributed by atoms with Gasteiger partial charge in [-0.15, -0.1) is 0 Å². The highest BCUT2D eigenvalue weighted by Gasteiger charge is 2.28. The average Bonchev–Trinajstić information content (AvgIpc) is 2.28. The quantitative estimate of drug-likeness (QED) is 0.709. The van der Waals surface area contributed by atoms with Gasteiger partial charge < -0.3 is 10.8 Å². The number of hydrogen-bond donors (Lipinski definition) is 2. The fourth-order valence-electron chi connectivity index (χ4n) is 1.26. The zero-order valence-electron chi connectivity index (χ0n) is 8.06. The first-order valence-electron chi connectivity index (χ1n) is 4.44. The van der Waals surface area contributed by atoms with Crippen LogP contribution in [0.4, 0.5) is 0 Å². The van der Waals surface area contributed by atoms with Crippen molar-refractivity contribution in [3.63, 3.8) is 0 Å². The SMILES string of the molecule is C=CC(O)(C=C)C(N)c1ccccc1. The second-order valence-electron chi connectivity index (χ2n) is 3.18. The van der Waals surface area contributed by atoms with E-state index in [1.807, 2.05) is 30.3 Å². The van der Waals surface area contributed by atoms with Crippen LogP contribution in [0.1, 0.15) is 11.6 Å². The Morgan fingerprint density at radius 2 is 1.71 bits per heavy atom. The Balaban J connectivity index is 3.00. The predicted octanol–water partition coefficient (Wildman–Crippen LogP) is 1.79. The highest BCUT2D eigenvalue weighted by Crippen LogP contribution is 2.25. The van der Waals surface area contributed by atoms with Crippen LogP contribution >= 0.6 is 0 Å². The number of aliphatic hydroxyl groups is 1. The Labute approximate surface area is 84.4 Å². The number of benzene rings is 1. The molecule has 0 amide bonds. The maximum Gasteiger partial charge on any atom is 0.119 e. The molecule has 3 N–H and O–H groups in total. The van der Waals surface area contributed by atoms with Crippen molar-refractivity contribution in [2.45, 2.75) is 11.6 Å². The lowest BCUT2D eigenvalue weighted by molar-refractivity contribution is 0.113. The standard InChI is InChI=1S/C12H15NO/c1-3-12(14,4-2)11(13)10-8-6-5-7-9-10/h3-9,11,14H,1-2,13H2. The van der Waals surface area contributed by atoms with Gasteiger partial charge in [0.1, 0.15) is 5.60 Å². The summed E-state index contributed by atoms with van der Waals surface area (Å²) in [6, 6.07) is 8.85. The Hall–Kier alpha value is -1.38. The van der Waals surface area contributed by atoms with Crippen LogP contribution in [0.3, 0.4) is 0 Å². The van der Waals surface area contributed by atoms with Crippen molar-refractivity contribution in [1.29, 1.82) is 0 Å². The van der Waals surface area contributed by atoms with Crippen molar-refractivity contribution >= 4 is 0 Å². The van der Waals surface area contributed by atoms with Gasteiger partial charge in [0, 0.05) is 0 Å². The highest BCUT2D eigenvalue weighted by atomic mass is 16.3.